The monoisotopic (exact) mass is 292 g/mol. The van der Waals surface area contributed by atoms with Crippen LogP contribution in [-0.4, -0.2) is 0 Å². The summed E-state index contributed by atoms with van der Waals surface area (Å²) in [4.78, 5) is 0. The number of hydrogen-bond donors (Lipinski definition) is 0. The Balaban J connectivity index is 2.93. The summed E-state index contributed by atoms with van der Waals surface area (Å²) in [6, 6.07) is 3.80. The van der Waals surface area contributed by atoms with Gasteiger partial charge in [0.25, 0.3) is 0 Å². The SMILES string of the molecule is Cc1ccc2c(F)csc2c1I. The molecule has 0 bridgehead atoms. The molecular weight excluding hydrogens is 286 g/mol. The van der Waals surface area contributed by atoms with E-state index in [1.54, 1.807) is 5.38 Å². The van der Waals surface area contributed by atoms with Crippen molar-refractivity contribution < 1.29 is 4.39 Å². The third-order valence-electron chi connectivity index (χ3n) is 1.83. The van der Waals surface area contributed by atoms with Crippen molar-refractivity contribution in [1.29, 1.82) is 0 Å². The highest BCUT2D eigenvalue weighted by molar-refractivity contribution is 14.1. The molecule has 0 N–H and O–H groups in total. The molecule has 0 spiro atoms. The van der Waals surface area contributed by atoms with Crippen molar-refractivity contribution in [2.24, 2.45) is 0 Å². The molecule has 0 saturated heterocycles. The molecule has 62 valence electrons. The van der Waals surface area contributed by atoms with E-state index in [1.807, 2.05) is 19.1 Å². The largest absolute Gasteiger partial charge is 0.205 e. The van der Waals surface area contributed by atoms with Crippen LogP contribution in [0.5, 0.6) is 0 Å². The Hall–Kier alpha value is -0.160. The smallest absolute Gasteiger partial charge is 0.141 e. The minimum atomic E-state index is -0.104. The lowest BCUT2D eigenvalue weighted by Crippen LogP contribution is -1.79. The highest BCUT2D eigenvalue weighted by atomic mass is 127. The Morgan fingerprint density at radius 1 is 1.42 bits per heavy atom. The summed E-state index contributed by atoms with van der Waals surface area (Å²) < 4.78 is 15.3. The lowest BCUT2D eigenvalue weighted by atomic mass is 10.2. The molecule has 1 heterocycles. The van der Waals surface area contributed by atoms with E-state index in [9.17, 15) is 4.39 Å². The number of rotatable bonds is 0. The highest BCUT2D eigenvalue weighted by Crippen LogP contribution is 2.30. The van der Waals surface area contributed by atoms with E-state index >= 15 is 0 Å². The van der Waals surface area contributed by atoms with Gasteiger partial charge in [-0.2, -0.15) is 0 Å². The van der Waals surface area contributed by atoms with E-state index in [1.165, 1.54) is 20.5 Å². The molecule has 0 unspecified atom stereocenters. The van der Waals surface area contributed by atoms with Crippen LogP contribution in [0.2, 0.25) is 0 Å². The fraction of sp³-hybridized carbons (Fsp3) is 0.111. The Kier molecular flexibility index (Phi) is 2.08. The average Bonchev–Trinajstić information content (AvgIpc) is 2.41. The third kappa shape index (κ3) is 1.15. The van der Waals surface area contributed by atoms with Crippen molar-refractivity contribution in [3.63, 3.8) is 0 Å². The summed E-state index contributed by atoms with van der Waals surface area (Å²) in [5.74, 6) is -0.104. The fourth-order valence-corrected chi connectivity index (χ4v) is 2.89. The summed E-state index contributed by atoms with van der Waals surface area (Å²) in [6.07, 6.45) is 0. The first-order valence-electron chi connectivity index (χ1n) is 3.52. The van der Waals surface area contributed by atoms with Gasteiger partial charge in [0.2, 0.25) is 0 Å². The second kappa shape index (κ2) is 2.96. The molecule has 0 aliphatic carbocycles. The van der Waals surface area contributed by atoms with Crippen molar-refractivity contribution >= 4 is 44.0 Å². The summed E-state index contributed by atoms with van der Waals surface area (Å²) in [7, 11) is 0. The van der Waals surface area contributed by atoms with E-state index in [2.05, 4.69) is 22.6 Å². The maximum Gasteiger partial charge on any atom is 0.141 e. The van der Waals surface area contributed by atoms with Crippen LogP contribution in [0.25, 0.3) is 10.1 Å². The Labute approximate surface area is 87.5 Å². The van der Waals surface area contributed by atoms with Crippen LogP contribution in [0.1, 0.15) is 5.56 Å². The van der Waals surface area contributed by atoms with Crippen LogP contribution in [-0.2, 0) is 0 Å². The van der Waals surface area contributed by atoms with Crippen molar-refractivity contribution in [2.75, 3.05) is 0 Å². The topological polar surface area (TPSA) is 0 Å². The van der Waals surface area contributed by atoms with Gasteiger partial charge in [-0.1, -0.05) is 12.1 Å². The van der Waals surface area contributed by atoms with E-state index in [4.69, 9.17) is 0 Å². The van der Waals surface area contributed by atoms with Crippen LogP contribution < -0.4 is 0 Å². The minimum Gasteiger partial charge on any atom is -0.205 e. The third-order valence-corrected chi connectivity index (χ3v) is 4.57. The molecule has 0 saturated carbocycles. The van der Waals surface area contributed by atoms with E-state index in [0.717, 1.165) is 10.1 Å². The number of thiophene rings is 1. The number of halogens is 2. The normalized spacial score (nSPS) is 10.9. The molecule has 0 nitrogen and oxygen atoms in total. The zero-order chi connectivity index (χ0) is 8.72. The van der Waals surface area contributed by atoms with Gasteiger partial charge in [0, 0.05) is 14.3 Å². The second-order valence-electron chi connectivity index (χ2n) is 2.66. The Morgan fingerprint density at radius 3 is 2.92 bits per heavy atom. The number of hydrogen-bond acceptors (Lipinski definition) is 1. The Bertz CT molecular complexity index is 433. The quantitative estimate of drug-likeness (QED) is 0.645. The van der Waals surface area contributed by atoms with Gasteiger partial charge in [-0.05, 0) is 35.1 Å². The van der Waals surface area contributed by atoms with Crippen molar-refractivity contribution in [2.45, 2.75) is 6.92 Å². The Morgan fingerprint density at radius 2 is 2.17 bits per heavy atom. The number of benzene rings is 1. The number of fused-ring (bicyclic) bond motifs is 1. The van der Waals surface area contributed by atoms with Crippen LogP contribution in [0.15, 0.2) is 17.5 Å². The maximum absolute atomic E-state index is 13.1. The lowest BCUT2D eigenvalue weighted by Gasteiger charge is -1.97. The highest BCUT2D eigenvalue weighted by Gasteiger charge is 2.07. The average molecular weight is 292 g/mol. The minimum absolute atomic E-state index is 0.104. The molecular formula is C9H6FIS. The molecule has 0 radical (unpaired) electrons. The van der Waals surface area contributed by atoms with E-state index in [0.29, 0.717) is 0 Å². The maximum atomic E-state index is 13.1. The number of aryl methyl sites for hydroxylation is 1. The van der Waals surface area contributed by atoms with Crippen molar-refractivity contribution in [1.82, 2.24) is 0 Å². The van der Waals surface area contributed by atoms with Gasteiger partial charge in [0.15, 0.2) is 0 Å². The first kappa shape index (κ1) is 8.44. The first-order chi connectivity index (χ1) is 5.70. The summed E-state index contributed by atoms with van der Waals surface area (Å²) >= 11 is 3.73. The molecule has 0 aliphatic rings. The standard InChI is InChI=1S/C9H6FIS/c1-5-2-3-6-7(10)4-12-9(6)8(5)11/h2-4H,1H3. The van der Waals surface area contributed by atoms with Crippen LogP contribution in [0.4, 0.5) is 4.39 Å². The van der Waals surface area contributed by atoms with Crippen LogP contribution in [0, 0.1) is 16.3 Å². The van der Waals surface area contributed by atoms with Gasteiger partial charge in [0.1, 0.15) is 5.82 Å². The molecule has 2 aromatic rings. The summed E-state index contributed by atoms with van der Waals surface area (Å²) in [5.41, 5.74) is 1.21. The summed E-state index contributed by atoms with van der Waals surface area (Å²) in [6.45, 7) is 2.04. The molecule has 1 aromatic heterocycles. The summed E-state index contributed by atoms with van der Waals surface area (Å²) in [5, 5.41) is 2.31. The molecule has 0 atom stereocenters. The van der Waals surface area contributed by atoms with Crippen LogP contribution in [0.3, 0.4) is 0 Å². The van der Waals surface area contributed by atoms with Gasteiger partial charge in [0.05, 0.1) is 4.70 Å². The van der Waals surface area contributed by atoms with Gasteiger partial charge in [-0.15, -0.1) is 11.3 Å². The van der Waals surface area contributed by atoms with Crippen molar-refractivity contribution in [3.05, 3.63) is 32.5 Å². The van der Waals surface area contributed by atoms with Crippen LogP contribution >= 0.6 is 33.9 Å². The van der Waals surface area contributed by atoms with E-state index < -0.39 is 0 Å². The molecule has 0 fully saturated rings. The molecule has 3 heteroatoms. The fourth-order valence-electron chi connectivity index (χ4n) is 1.13. The molecule has 2 rings (SSSR count). The van der Waals surface area contributed by atoms with Crippen molar-refractivity contribution in [3.8, 4) is 0 Å². The predicted molar refractivity (Wildman–Crippen MR) is 59.2 cm³/mol. The second-order valence-corrected chi connectivity index (χ2v) is 4.62. The van der Waals surface area contributed by atoms with Gasteiger partial charge >= 0.3 is 0 Å². The predicted octanol–water partition coefficient (Wildman–Crippen LogP) is 3.95. The van der Waals surface area contributed by atoms with Gasteiger partial charge < -0.3 is 0 Å². The first-order valence-corrected chi connectivity index (χ1v) is 5.48. The molecule has 0 aliphatic heterocycles. The molecule has 0 amide bonds. The van der Waals surface area contributed by atoms with Gasteiger partial charge in [-0.25, -0.2) is 4.39 Å². The molecule has 1 aromatic carbocycles. The zero-order valence-electron chi connectivity index (χ0n) is 6.40. The van der Waals surface area contributed by atoms with E-state index in [-0.39, 0.29) is 5.82 Å². The zero-order valence-corrected chi connectivity index (χ0v) is 9.37. The molecule has 12 heavy (non-hydrogen) atoms. The lowest BCUT2D eigenvalue weighted by molar-refractivity contribution is 0.644. The van der Waals surface area contributed by atoms with Gasteiger partial charge in [-0.3, -0.25) is 0 Å².